The van der Waals surface area contributed by atoms with Crippen molar-refractivity contribution in [1.82, 2.24) is 10.2 Å². The summed E-state index contributed by atoms with van der Waals surface area (Å²) in [5, 5.41) is 3.74. The van der Waals surface area contributed by atoms with Crippen molar-refractivity contribution in [3.05, 3.63) is 65.4 Å². The second kappa shape index (κ2) is 9.25. The maximum Gasteiger partial charge on any atom is 0.341 e. The van der Waals surface area contributed by atoms with Gasteiger partial charge in [-0.05, 0) is 32.3 Å². The summed E-state index contributed by atoms with van der Waals surface area (Å²) in [6.45, 7) is 1.04. The lowest BCUT2D eigenvalue weighted by atomic mass is 10.1. The number of hydrogen-bond donors (Lipinski definition) is 1. The zero-order chi connectivity index (χ0) is 20.8. The second-order valence-electron chi connectivity index (χ2n) is 6.74. The van der Waals surface area contributed by atoms with Crippen LogP contribution in [0.3, 0.4) is 0 Å². The highest BCUT2D eigenvalue weighted by Crippen LogP contribution is 2.26. The van der Waals surface area contributed by atoms with Crippen molar-refractivity contribution in [2.45, 2.75) is 6.54 Å². The molecular formula is C22H24N2O5. The number of benzene rings is 2. The zero-order valence-electron chi connectivity index (χ0n) is 16.7. The van der Waals surface area contributed by atoms with Crippen molar-refractivity contribution >= 4 is 22.8 Å². The summed E-state index contributed by atoms with van der Waals surface area (Å²) in [6, 6.07) is 14.4. The van der Waals surface area contributed by atoms with Gasteiger partial charge in [-0.2, -0.15) is 0 Å². The van der Waals surface area contributed by atoms with Crippen LogP contribution in [0.1, 0.15) is 26.5 Å². The van der Waals surface area contributed by atoms with Gasteiger partial charge in [0.15, 0.2) is 5.76 Å². The third kappa shape index (κ3) is 4.75. The number of carbonyl (C=O) groups is 2. The number of esters is 1. The Morgan fingerprint density at radius 2 is 1.79 bits per heavy atom. The summed E-state index contributed by atoms with van der Waals surface area (Å²) in [5.41, 5.74) is 1.87. The third-order valence-corrected chi connectivity index (χ3v) is 4.32. The highest BCUT2D eigenvalue weighted by molar-refractivity contribution is 5.99. The zero-order valence-corrected chi connectivity index (χ0v) is 16.7. The standard InChI is InChI=1S/C22H24N2O5/c1-24(2)14-17-15-8-4-7-11-19(15)29-20(17)21(25)23-12-13-28-18-10-6-5-9-16(18)22(26)27-3/h4-11H,12-14H2,1-3H3,(H,23,25). The number of carbonyl (C=O) groups excluding carboxylic acids is 2. The van der Waals surface area contributed by atoms with Gasteiger partial charge in [0.2, 0.25) is 0 Å². The minimum absolute atomic E-state index is 0.197. The summed E-state index contributed by atoms with van der Waals surface area (Å²) in [6.07, 6.45) is 0. The molecule has 0 bridgehead atoms. The molecule has 1 amide bonds. The lowest BCUT2D eigenvalue weighted by Crippen LogP contribution is -2.29. The topological polar surface area (TPSA) is 81.0 Å². The van der Waals surface area contributed by atoms with Crippen LogP contribution in [0.4, 0.5) is 0 Å². The van der Waals surface area contributed by atoms with Crippen LogP contribution in [0.25, 0.3) is 11.0 Å². The third-order valence-electron chi connectivity index (χ3n) is 4.32. The number of fused-ring (bicyclic) bond motifs is 1. The summed E-state index contributed by atoms with van der Waals surface area (Å²) in [5.74, 6) is -0.0661. The number of nitrogens with one attached hydrogen (secondary N) is 1. The van der Waals surface area contributed by atoms with Crippen LogP contribution in [0.15, 0.2) is 52.9 Å². The molecule has 0 aliphatic carbocycles. The molecule has 0 fully saturated rings. The number of amides is 1. The van der Waals surface area contributed by atoms with Crippen LogP contribution < -0.4 is 10.1 Å². The first kappa shape index (κ1) is 20.4. The number of hydrogen-bond acceptors (Lipinski definition) is 6. The molecule has 1 heterocycles. The first-order chi connectivity index (χ1) is 14.0. The van der Waals surface area contributed by atoms with Crippen molar-refractivity contribution in [2.24, 2.45) is 0 Å². The Hall–Kier alpha value is -3.32. The largest absolute Gasteiger partial charge is 0.491 e. The fourth-order valence-corrected chi connectivity index (χ4v) is 3.03. The van der Waals surface area contributed by atoms with Crippen molar-refractivity contribution < 1.29 is 23.5 Å². The van der Waals surface area contributed by atoms with E-state index in [1.54, 1.807) is 24.3 Å². The molecule has 29 heavy (non-hydrogen) atoms. The van der Waals surface area contributed by atoms with E-state index in [4.69, 9.17) is 13.9 Å². The van der Waals surface area contributed by atoms with E-state index in [-0.39, 0.29) is 19.1 Å². The molecule has 1 N–H and O–H groups in total. The molecule has 152 valence electrons. The van der Waals surface area contributed by atoms with E-state index < -0.39 is 5.97 Å². The van der Waals surface area contributed by atoms with Gasteiger partial charge in [0, 0.05) is 17.5 Å². The average molecular weight is 396 g/mol. The maximum absolute atomic E-state index is 12.7. The lowest BCUT2D eigenvalue weighted by molar-refractivity contribution is 0.0595. The van der Waals surface area contributed by atoms with Gasteiger partial charge in [-0.3, -0.25) is 4.79 Å². The summed E-state index contributed by atoms with van der Waals surface area (Å²) in [4.78, 5) is 26.5. The van der Waals surface area contributed by atoms with Gasteiger partial charge in [-0.25, -0.2) is 4.79 Å². The van der Waals surface area contributed by atoms with Crippen LogP contribution in [0.5, 0.6) is 5.75 Å². The second-order valence-corrected chi connectivity index (χ2v) is 6.74. The van der Waals surface area contributed by atoms with E-state index in [1.807, 2.05) is 43.3 Å². The Kier molecular flexibility index (Phi) is 6.51. The van der Waals surface area contributed by atoms with Crippen molar-refractivity contribution in [3.8, 4) is 5.75 Å². The van der Waals surface area contributed by atoms with Gasteiger partial charge in [0.1, 0.15) is 23.5 Å². The van der Waals surface area contributed by atoms with Crippen molar-refractivity contribution in [3.63, 3.8) is 0 Å². The van der Waals surface area contributed by atoms with E-state index in [1.165, 1.54) is 7.11 Å². The Labute approximate surface area is 169 Å². The van der Waals surface area contributed by atoms with Gasteiger partial charge >= 0.3 is 5.97 Å². The highest BCUT2D eigenvalue weighted by atomic mass is 16.5. The predicted octanol–water partition coefficient (Wildman–Crippen LogP) is 3.09. The van der Waals surface area contributed by atoms with E-state index in [2.05, 4.69) is 5.32 Å². The van der Waals surface area contributed by atoms with Crippen molar-refractivity contribution in [1.29, 1.82) is 0 Å². The Balaban J connectivity index is 1.66. The van der Waals surface area contributed by atoms with Crippen LogP contribution in [-0.2, 0) is 11.3 Å². The van der Waals surface area contributed by atoms with Crippen LogP contribution in [0, 0.1) is 0 Å². The van der Waals surface area contributed by atoms with E-state index in [9.17, 15) is 9.59 Å². The highest BCUT2D eigenvalue weighted by Gasteiger charge is 2.20. The van der Waals surface area contributed by atoms with Crippen molar-refractivity contribution in [2.75, 3.05) is 34.4 Å². The lowest BCUT2D eigenvalue weighted by Gasteiger charge is -2.12. The van der Waals surface area contributed by atoms with Gasteiger partial charge in [0.25, 0.3) is 5.91 Å². The molecule has 0 unspecified atom stereocenters. The van der Waals surface area contributed by atoms with Crippen LogP contribution >= 0.6 is 0 Å². The van der Waals surface area contributed by atoms with Gasteiger partial charge in [-0.1, -0.05) is 30.3 Å². The Bertz CT molecular complexity index is 1010. The predicted molar refractivity (Wildman–Crippen MR) is 109 cm³/mol. The molecule has 3 rings (SSSR count). The monoisotopic (exact) mass is 396 g/mol. The van der Waals surface area contributed by atoms with Gasteiger partial charge in [0.05, 0.1) is 13.7 Å². The molecule has 0 spiro atoms. The SMILES string of the molecule is COC(=O)c1ccccc1OCCNC(=O)c1oc2ccccc2c1CN(C)C. The molecular weight excluding hydrogens is 372 g/mol. The number of rotatable bonds is 8. The molecule has 0 aliphatic rings. The van der Waals surface area contributed by atoms with Crippen LogP contribution in [-0.4, -0.2) is 51.1 Å². The molecule has 1 aromatic heterocycles. The Morgan fingerprint density at radius 3 is 2.55 bits per heavy atom. The minimum atomic E-state index is -0.472. The number of ether oxygens (including phenoxy) is 2. The molecule has 0 radical (unpaired) electrons. The first-order valence-electron chi connectivity index (χ1n) is 9.24. The normalized spacial score (nSPS) is 10.9. The molecule has 0 saturated heterocycles. The van der Waals surface area contributed by atoms with E-state index in [0.29, 0.717) is 29.2 Å². The van der Waals surface area contributed by atoms with Gasteiger partial charge < -0.3 is 24.1 Å². The van der Waals surface area contributed by atoms with E-state index >= 15 is 0 Å². The molecule has 3 aromatic rings. The molecule has 2 aromatic carbocycles. The quantitative estimate of drug-likeness (QED) is 0.466. The average Bonchev–Trinajstić information content (AvgIpc) is 3.09. The summed E-state index contributed by atoms with van der Waals surface area (Å²) < 4.78 is 16.2. The number of furan rings is 1. The Morgan fingerprint density at radius 1 is 1.07 bits per heavy atom. The number of nitrogens with zero attached hydrogens (tertiary/aromatic N) is 1. The molecule has 7 nitrogen and oxygen atoms in total. The fraction of sp³-hybridized carbons (Fsp3) is 0.273. The summed E-state index contributed by atoms with van der Waals surface area (Å²) >= 11 is 0. The summed E-state index contributed by atoms with van der Waals surface area (Å²) in [7, 11) is 5.20. The number of methoxy groups -OCH3 is 1. The van der Waals surface area contributed by atoms with Gasteiger partial charge in [-0.15, -0.1) is 0 Å². The maximum atomic E-state index is 12.7. The molecule has 0 aliphatic heterocycles. The van der Waals surface area contributed by atoms with E-state index in [0.717, 1.165) is 10.9 Å². The molecule has 0 atom stereocenters. The molecule has 0 saturated carbocycles. The fourth-order valence-electron chi connectivity index (χ4n) is 3.03. The minimum Gasteiger partial charge on any atom is -0.491 e. The number of para-hydroxylation sites is 2. The first-order valence-corrected chi connectivity index (χ1v) is 9.24. The smallest absolute Gasteiger partial charge is 0.341 e. The van der Waals surface area contributed by atoms with Crippen LogP contribution in [0.2, 0.25) is 0 Å². The molecule has 7 heteroatoms.